The molecule has 0 atom stereocenters. The van der Waals surface area contributed by atoms with Gasteiger partial charge in [-0.15, -0.1) is 0 Å². The molecule has 88 valence electrons. The van der Waals surface area contributed by atoms with Crippen LogP contribution in [0.1, 0.15) is 12.0 Å². The predicted molar refractivity (Wildman–Crippen MR) is 68.1 cm³/mol. The van der Waals surface area contributed by atoms with Crippen LogP contribution in [0.5, 0.6) is 11.6 Å². The Balaban J connectivity index is 1.98. The van der Waals surface area contributed by atoms with Crippen molar-refractivity contribution in [2.24, 2.45) is 5.73 Å². The molecule has 1 heterocycles. The van der Waals surface area contributed by atoms with Gasteiger partial charge in [-0.1, -0.05) is 18.2 Å². The maximum absolute atomic E-state index is 5.60. The lowest BCUT2D eigenvalue weighted by Gasteiger charge is -2.05. The van der Waals surface area contributed by atoms with E-state index in [1.165, 1.54) is 5.56 Å². The fourth-order valence-electron chi connectivity index (χ4n) is 1.56. The molecular formula is C14H16N2O. The van der Waals surface area contributed by atoms with Gasteiger partial charge < -0.3 is 10.5 Å². The van der Waals surface area contributed by atoms with Crippen LogP contribution in [0.2, 0.25) is 0 Å². The molecule has 17 heavy (non-hydrogen) atoms. The highest BCUT2D eigenvalue weighted by Crippen LogP contribution is 2.19. The lowest BCUT2D eigenvalue weighted by molar-refractivity contribution is 0.463. The van der Waals surface area contributed by atoms with Crippen molar-refractivity contribution in [3.05, 3.63) is 54.2 Å². The normalized spacial score (nSPS) is 10.2. The van der Waals surface area contributed by atoms with E-state index in [2.05, 4.69) is 17.1 Å². The molecule has 2 rings (SSSR count). The van der Waals surface area contributed by atoms with Crippen molar-refractivity contribution in [2.45, 2.75) is 12.8 Å². The highest BCUT2D eigenvalue weighted by atomic mass is 16.5. The first-order chi connectivity index (χ1) is 8.38. The van der Waals surface area contributed by atoms with Crippen LogP contribution in [-0.4, -0.2) is 11.5 Å². The molecule has 2 aromatic rings. The number of ether oxygens (including phenoxy) is 1. The molecule has 0 fully saturated rings. The molecule has 0 saturated heterocycles. The maximum atomic E-state index is 5.60. The monoisotopic (exact) mass is 228 g/mol. The minimum Gasteiger partial charge on any atom is -0.439 e. The van der Waals surface area contributed by atoms with Crippen LogP contribution in [0.25, 0.3) is 0 Å². The Morgan fingerprint density at radius 3 is 2.53 bits per heavy atom. The molecule has 1 aromatic heterocycles. The summed E-state index contributed by atoms with van der Waals surface area (Å²) in [6, 6.07) is 13.6. The van der Waals surface area contributed by atoms with Gasteiger partial charge in [0.2, 0.25) is 5.88 Å². The third-order valence-electron chi connectivity index (χ3n) is 2.45. The lowest BCUT2D eigenvalue weighted by Crippen LogP contribution is -2.00. The van der Waals surface area contributed by atoms with Crippen molar-refractivity contribution in [2.75, 3.05) is 6.54 Å². The van der Waals surface area contributed by atoms with E-state index in [1.807, 2.05) is 30.3 Å². The molecule has 0 bridgehead atoms. The number of hydrogen-bond acceptors (Lipinski definition) is 3. The van der Waals surface area contributed by atoms with E-state index in [-0.39, 0.29) is 0 Å². The van der Waals surface area contributed by atoms with E-state index in [9.17, 15) is 0 Å². The van der Waals surface area contributed by atoms with E-state index < -0.39 is 0 Å². The average molecular weight is 228 g/mol. The molecule has 3 heteroatoms. The first-order valence-corrected chi connectivity index (χ1v) is 5.76. The minimum absolute atomic E-state index is 0.613. The van der Waals surface area contributed by atoms with Gasteiger partial charge in [-0.2, -0.15) is 0 Å². The standard InChI is InChI=1S/C14H16N2O/c15-10-3-4-12-6-8-13(9-7-12)17-14-5-1-2-11-16-14/h1-2,5-9,11H,3-4,10,15H2. The molecule has 0 saturated carbocycles. The molecule has 0 radical (unpaired) electrons. The number of hydrogen-bond donors (Lipinski definition) is 1. The summed E-state index contributed by atoms with van der Waals surface area (Å²) in [5.74, 6) is 1.42. The number of aromatic nitrogens is 1. The zero-order valence-corrected chi connectivity index (χ0v) is 9.67. The number of rotatable bonds is 5. The Kier molecular flexibility index (Phi) is 4.11. The maximum Gasteiger partial charge on any atom is 0.219 e. The number of benzene rings is 1. The SMILES string of the molecule is NCCCc1ccc(Oc2ccccn2)cc1. The molecule has 1 aromatic carbocycles. The van der Waals surface area contributed by atoms with Crippen molar-refractivity contribution < 1.29 is 4.74 Å². The number of pyridine rings is 1. The zero-order valence-electron chi connectivity index (χ0n) is 9.67. The average Bonchev–Trinajstić information content (AvgIpc) is 2.39. The first-order valence-electron chi connectivity index (χ1n) is 5.76. The second-order valence-electron chi connectivity index (χ2n) is 3.81. The smallest absolute Gasteiger partial charge is 0.219 e. The quantitative estimate of drug-likeness (QED) is 0.856. The topological polar surface area (TPSA) is 48.1 Å². The van der Waals surface area contributed by atoms with Crippen LogP contribution in [0.15, 0.2) is 48.7 Å². The van der Waals surface area contributed by atoms with E-state index in [0.717, 1.165) is 25.1 Å². The Bertz CT molecular complexity index is 440. The molecule has 0 aliphatic rings. The summed E-state index contributed by atoms with van der Waals surface area (Å²) in [4.78, 5) is 4.11. The number of nitrogens with zero attached hydrogens (tertiary/aromatic N) is 1. The Morgan fingerprint density at radius 2 is 1.88 bits per heavy atom. The van der Waals surface area contributed by atoms with Crippen LogP contribution in [0.4, 0.5) is 0 Å². The summed E-state index contributed by atoms with van der Waals surface area (Å²) in [5, 5.41) is 0. The van der Waals surface area contributed by atoms with Crippen molar-refractivity contribution in [1.82, 2.24) is 4.98 Å². The van der Waals surface area contributed by atoms with Gasteiger partial charge in [0.1, 0.15) is 5.75 Å². The first kappa shape index (κ1) is 11.6. The largest absolute Gasteiger partial charge is 0.439 e. The second-order valence-corrected chi connectivity index (χ2v) is 3.81. The van der Waals surface area contributed by atoms with E-state index in [1.54, 1.807) is 6.20 Å². The van der Waals surface area contributed by atoms with Gasteiger partial charge in [-0.25, -0.2) is 4.98 Å². The summed E-state index contributed by atoms with van der Waals surface area (Å²) in [7, 11) is 0. The second kappa shape index (κ2) is 6.01. The summed E-state index contributed by atoms with van der Waals surface area (Å²) in [6.07, 6.45) is 3.74. The van der Waals surface area contributed by atoms with Crippen LogP contribution in [-0.2, 0) is 6.42 Å². The molecule has 0 unspecified atom stereocenters. The third kappa shape index (κ3) is 3.57. The number of aryl methyl sites for hydroxylation is 1. The van der Waals surface area contributed by atoms with E-state index in [4.69, 9.17) is 10.5 Å². The summed E-state index contributed by atoms with van der Waals surface area (Å²) >= 11 is 0. The highest BCUT2D eigenvalue weighted by molar-refractivity contribution is 5.30. The Morgan fingerprint density at radius 1 is 1.06 bits per heavy atom. The Labute approximate surface area is 101 Å². The summed E-state index contributed by atoms with van der Waals surface area (Å²) in [6.45, 7) is 0.728. The van der Waals surface area contributed by atoms with E-state index >= 15 is 0 Å². The Hall–Kier alpha value is -1.87. The van der Waals surface area contributed by atoms with Crippen LogP contribution in [0, 0.1) is 0 Å². The fraction of sp³-hybridized carbons (Fsp3) is 0.214. The van der Waals surface area contributed by atoms with Gasteiger partial charge in [0.05, 0.1) is 0 Å². The van der Waals surface area contributed by atoms with Crippen molar-refractivity contribution >= 4 is 0 Å². The minimum atomic E-state index is 0.613. The lowest BCUT2D eigenvalue weighted by atomic mass is 10.1. The molecule has 0 amide bonds. The van der Waals surface area contributed by atoms with Crippen LogP contribution < -0.4 is 10.5 Å². The molecule has 3 nitrogen and oxygen atoms in total. The predicted octanol–water partition coefficient (Wildman–Crippen LogP) is 2.77. The molecule has 2 N–H and O–H groups in total. The summed E-state index contributed by atoms with van der Waals surface area (Å²) < 4.78 is 5.60. The third-order valence-corrected chi connectivity index (χ3v) is 2.45. The molecule has 0 aliphatic carbocycles. The van der Waals surface area contributed by atoms with Gasteiger partial charge in [0.15, 0.2) is 0 Å². The number of nitrogens with two attached hydrogens (primary N) is 1. The van der Waals surface area contributed by atoms with Gasteiger partial charge in [0.25, 0.3) is 0 Å². The van der Waals surface area contributed by atoms with Gasteiger partial charge in [-0.3, -0.25) is 0 Å². The molecule has 0 aliphatic heterocycles. The molecular weight excluding hydrogens is 212 g/mol. The van der Waals surface area contributed by atoms with Crippen molar-refractivity contribution in [3.63, 3.8) is 0 Å². The highest BCUT2D eigenvalue weighted by Gasteiger charge is 1.98. The van der Waals surface area contributed by atoms with Gasteiger partial charge in [-0.05, 0) is 43.1 Å². The van der Waals surface area contributed by atoms with E-state index in [0.29, 0.717) is 5.88 Å². The summed E-state index contributed by atoms with van der Waals surface area (Å²) in [5.41, 5.74) is 6.76. The molecule has 0 spiro atoms. The van der Waals surface area contributed by atoms with Crippen molar-refractivity contribution in [1.29, 1.82) is 0 Å². The van der Waals surface area contributed by atoms with Crippen molar-refractivity contribution in [3.8, 4) is 11.6 Å². The van der Waals surface area contributed by atoms with Crippen LogP contribution in [0.3, 0.4) is 0 Å². The van der Waals surface area contributed by atoms with Gasteiger partial charge in [0, 0.05) is 12.3 Å². The fourth-order valence-corrected chi connectivity index (χ4v) is 1.56. The van der Waals surface area contributed by atoms with Gasteiger partial charge >= 0.3 is 0 Å². The zero-order chi connectivity index (χ0) is 11.9. The van der Waals surface area contributed by atoms with Crippen LogP contribution >= 0.6 is 0 Å².